The summed E-state index contributed by atoms with van der Waals surface area (Å²) >= 11 is 4.03. The monoisotopic (exact) mass is 435 g/mol. The number of hydrogen-bond donors (Lipinski definition) is 1. The number of thiol groups is 1. The van der Waals surface area contributed by atoms with Gasteiger partial charge < -0.3 is 4.74 Å². The molecule has 0 saturated carbocycles. The molecule has 3 aromatic rings. The van der Waals surface area contributed by atoms with Crippen LogP contribution in [0.15, 0.2) is 48.1 Å². The Hall–Kier alpha value is -3.21. The zero-order chi connectivity index (χ0) is 21.9. The van der Waals surface area contributed by atoms with Crippen molar-refractivity contribution in [3.63, 3.8) is 0 Å². The lowest BCUT2D eigenvalue weighted by atomic mass is 10.1. The average molecular weight is 435 g/mol. The maximum Gasteiger partial charge on any atom is 0.416 e. The van der Waals surface area contributed by atoms with E-state index in [0.29, 0.717) is 5.56 Å². The number of carbonyl (C=O) groups is 1. The highest BCUT2D eigenvalue weighted by Crippen LogP contribution is 2.33. The number of alkyl halides is 3. The first-order chi connectivity index (χ1) is 14.1. The van der Waals surface area contributed by atoms with Crippen molar-refractivity contribution in [2.45, 2.75) is 31.0 Å². The molecule has 0 spiro atoms. The molecule has 2 heterocycles. The number of rotatable bonds is 5. The zero-order valence-corrected chi connectivity index (χ0v) is 16.7. The van der Waals surface area contributed by atoms with E-state index in [1.54, 1.807) is 13.8 Å². The fourth-order valence-electron chi connectivity index (χ4n) is 2.47. The van der Waals surface area contributed by atoms with E-state index in [0.717, 1.165) is 12.1 Å². The van der Waals surface area contributed by atoms with Gasteiger partial charge in [0.2, 0.25) is 0 Å². The van der Waals surface area contributed by atoms with Gasteiger partial charge in [-0.3, -0.25) is 0 Å². The molecule has 0 aliphatic rings. The van der Waals surface area contributed by atoms with Gasteiger partial charge in [0.05, 0.1) is 17.2 Å². The van der Waals surface area contributed by atoms with Crippen molar-refractivity contribution in [2.75, 3.05) is 0 Å². The summed E-state index contributed by atoms with van der Waals surface area (Å²) in [5.41, 5.74) is -0.229. The van der Waals surface area contributed by atoms with Crippen LogP contribution in [-0.2, 0) is 15.7 Å². The third-order valence-corrected chi connectivity index (χ3v) is 3.97. The van der Waals surface area contributed by atoms with Crippen LogP contribution in [0.5, 0.6) is 0 Å². The molecule has 0 bridgehead atoms. The van der Waals surface area contributed by atoms with Gasteiger partial charge in [-0.15, -0.1) is 17.7 Å². The summed E-state index contributed by atoms with van der Waals surface area (Å²) in [6, 6.07) is 3.27. The fraction of sp³-hybridized carbons (Fsp3) is 0.211. The van der Waals surface area contributed by atoms with Crippen LogP contribution < -0.4 is 0 Å². The quantitative estimate of drug-likeness (QED) is 0.371. The van der Waals surface area contributed by atoms with Gasteiger partial charge in [-0.05, 0) is 32.0 Å². The van der Waals surface area contributed by atoms with E-state index in [-0.39, 0.29) is 28.0 Å². The number of esters is 1. The zero-order valence-electron chi connectivity index (χ0n) is 15.8. The Morgan fingerprint density at radius 3 is 2.53 bits per heavy atom. The number of benzene rings is 1. The predicted octanol–water partition coefficient (Wildman–Crippen LogP) is 3.99. The molecule has 0 amide bonds. The summed E-state index contributed by atoms with van der Waals surface area (Å²) in [6.45, 7) is 3.40. The molecule has 7 nitrogen and oxygen atoms in total. The molecule has 0 aliphatic heterocycles. The summed E-state index contributed by atoms with van der Waals surface area (Å²) < 4.78 is 45.7. The fourth-order valence-corrected chi connectivity index (χ4v) is 2.74. The Balaban J connectivity index is 2.00. The minimum atomic E-state index is -4.53. The summed E-state index contributed by atoms with van der Waals surface area (Å²) in [5.74, 6) is -0.595. The number of nitrogens with zero attached hydrogens (tertiary/aromatic N) is 5. The lowest BCUT2D eigenvalue weighted by Crippen LogP contribution is -2.14. The van der Waals surface area contributed by atoms with Gasteiger partial charge in [-0.2, -0.15) is 13.2 Å². The van der Waals surface area contributed by atoms with Gasteiger partial charge in [0, 0.05) is 34.6 Å². The third kappa shape index (κ3) is 5.23. The second-order valence-electron chi connectivity index (χ2n) is 6.44. The highest BCUT2D eigenvalue weighted by molar-refractivity contribution is 7.80. The van der Waals surface area contributed by atoms with Crippen LogP contribution in [0.1, 0.15) is 25.0 Å². The molecule has 0 fully saturated rings. The Morgan fingerprint density at radius 2 is 1.90 bits per heavy atom. The van der Waals surface area contributed by atoms with Crippen LogP contribution in [0.3, 0.4) is 0 Å². The minimum absolute atomic E-state index is 0.0357. The molecule has 0 saturated heterocycles. The van der Waals surface area contributed by atoms with Gasteiger partial charge in [0.1, 0.15) is 12.7 Å². The van der Waals surface area contributed by atoms with Crippen molar-refractivity contribution >= 4 is 30.4 Å². The number of hydrogen-bond acceptors (Lipinski definition) is 7. The van der Waals surface area contributed by atoms with Gasteiger partial charge >= 0.3 is 12.1 Å². The Morgan fingerprint density at radius 1 is 1.20 bits per heavy atom. The molecule has 1 aromatic carbocycles. The molecular weight excluding hydrogens is 419 g/mol. The van der Waals surface area contributed by atoms with Gasteiger partial charge in [-0.25, -0.2) is 24.4 Å². The van der Waals surface area contributed by atoms with Crippen molar-refractivity contribution in [3.8, 4) is 11.4 Å². The molecule has 156 valence electrons. The Bertz CT molecular complexity index is 1080. The van der Waals surface area contributed by atoms with E-state index in [2.05, 4.69) is 32.7 Å². The molecule has 3 rings (SSSR count). The second-order valence-corrected chi connectivity index (χ2v) is 6.95. The number of aromatic nitrogens is 5. The lowest BCUT2D eigenvalue weighted by molar-refractivity contribution is -0.140. The summed E-state index contributed by atoms with van der Waals surface area (Å²) in [4.78, 5) is 24.4. The smallest absolute Gasteiger partial charge is 0.416 e. The summed E-state index contributed by atoms with van der Waals surface area (Å²) in [7, 11) is 0. The molecule has 0 N–H and O–H groups in total. The van der Waals surface area contributed by atoms with Crippen molar-refractivity contribution < 1.29 is 22.7 Å². The van der Waals surface area contributed by atoms with E-state index in [1.807, 2.05) is 0 Å². The molecule has 0 aliphatic carbocycles. The van der Waals surface area contributed by atoms with Crippen LogP contribution in [0, 0.1) is 0 Å². The summed E-state index contributed by atoms with van der Waals surface area (Å²) in [5, 5.41) is 4.15. The molecule has 0 radical (unpaired) electrons. The molecule has 0 unspecified atom stereocenters. The first-order valence-electron chi connectivity index (χ1n) is 8.64. The second kappa shape index (κ2) is 8.66. The highest BCUT2D eigenvalue weighted by Gasteiger charge is 2.31. The number of halogens is 3. The van der Waals surface area contributed by atoms with Crippen molar-refractivity contribution in [1.82, 2.24) is 24.7 Å². The van der Waals surface area contributed by atoms with E-state index >= 15 is 0 Å². The van der Waals surface area contributed by atoms with Gasteiger partial charge in [0.25, 0.3) is 0 Å². The normalized spacial score (nSPS) is 12.3. The maximum absolute atomic E-state index is 13.1. The predicted molar refractivity (Wildman–Crippen MR) is 105 cm³/mol. The van der Waals surface area contributed by atoms with E-state index < -0.39 is 17.7 Å². The number of ether oxygens (including phenoxy) is 1. The topological polar surface area (TPSA) is 82.8 Å². The van der Waals surface area contributed by atoms with Crippen LogP contribution in [0.4, 0.5) is 13.2 Å². The molecule has 11 heteroatoms. The standard InChI is InChI=1S/C19H16F3N5O2S/c1-11(2)29-18(28)16(13-6-23-9-24-7-13)8-27-10-25-17(26-27)12-3-14(19(20,21)22)5-15(30)4-12/h3-11,30H,1-2H3/b16-8+. The van der Waals surface area contributed by atoms with Crippen LogP contribution in [0.2, 0.25) is 0 Å². The number of carbonyl (C=O) groups excluding carboxylic acids is 1. The maximum atomic E-state index is 13.1. The highest BCUT2D eigenvalue weighted by atomic mass is 32.1. The third-order valence-electron chi connectivity index (χ3n) is 3.71. The van der Waals surface area contributed by atoms with E-state index in [1.165, 1.54) is 42.0 Å². The van der Waals surface area contributed by atoms with Crippen molar-refractivity contribution in [2.24, 2.45) is 0 Å². The van der Waals surface area contributed by atoms with E-state index in [4.69, 9.17) is 4.74 Å². The van der Waals surface area contributed by atoms with Gasteiger partial charge in [0.15, 0.2) is 5.82 Å². The van der Waals surface area contributed by atoms with Crippen molar-refractivity contribution in [1.29, 1.82) is 0 Å². The SMILES string of the molecule is CC(C)OC(=O)/C(=C/n1cnc(-c2cc(S)cc(C(F)(F)F)c2)n1)c1cncnc1. The van der Waals surface area contributed by atoms with Gasteiger partial charge in [-0.1, -0.05) is 0 Å². The Kier molecular flexibility index (Phi) is 6.20. The largest absolute Gasteiger partial charge is 0.459 e. The Labute approximate surface area is 175 Å². The first kappa shape index (κ1) is 21.5. The van der Waals surface area contributed by atoms with Crippen LogP contribution in [0.25, 0.3) is 23.2 Å². The van der Waals surface area contributed by atoms with Crippen LogP contribution in [-0.4, -0.2) is 36.8 Å². The van der Waals surface area contributed by atoms with E-state index in [9.17, 15) is 18.0 Å². The molecule has 0 atom stereocenters. The lowest BCUT2D eigenvalue weighted by Gasteiger charge is -2.10. The van der Waals surface area contributed by atoms with Crippen molar-refractivity contribution in [3.05, 3.63) is 54.4 Å². The molecular formula is C19H16F3N5O2S. The minimum Gasteiger partial charge on any atom is -0.459 e. The average Bonchev–Trinajstić information content (AvgIpc) is 3.14. The molecule has 2 aromatic heterocycles. The first-order valence-corrected chi connectivity index (χ1v) is 9.09. The molecule has 30 heavy (non-hydrogen) atoms. The van der Waals surface area contributed by atoms with Crippen LogP contribution >= 0.6 is 12.6 Å². The summed E-state index contributed by atoms with van der Waals surface area (Å²) in [6.07, 6.45) is 1.88.